The molecule has 4 rings (SSSR count). The van der Waals surface area contributed by atoms with E-state index in [9.17, 15) is 9.59 Å². The standard InChI is InChI=1S/C27H34N6O4S/c1-30(2)11-12-33(27(35)24-6-5-17-38-24)19-26(34)32-15-13-31(14-16-32)25-10-8-21(28-29-25)20-7-9-22(36-3)23(18-20)37-4/h5-10,17-18H,11-16,19H2,1-4H3. The van der Waals surface area contributed by atoms with Gasteiger partial charge in [0.05, 0.1) is 24.8 Å². The van der Waals surface area contributed by atoms with Gasteiger partial charge in [-0.1, -0.05) is 6.07 Å². The number of anilines is 1. The summed E-state index contributed by atoms with van der Waals surface area (Å²) in [7, 11) is 7.12. The van der Waals surface area contributed by atoms with Crippen molar-refractivity contribution in [3.8, 4) is 22.8 Å². The molecule has 0 saturated carbocycles. The van der Waals surface area contributed by atoms with Gasteiger partial charge in [-0.3, -0.25) is 9.59 Å². The largest absolute Gasteiger partial charge is 0.493 e. The fourth-order valence-corrected chi connectivity index (χ4v) is 4.91. The summed E-state index contributed by atoms with van der Waals surface area (Å²) in [4.78, 5) is 34.4. The van der Waals surface area contributed by atoms with Crippen molar-refractivity contribution in [1.82, 2.24) is 24.9 Å². The SMILES string of the molecule is COc1ccc(-c2ccc(N3CCN(C(=O)CN(CCN(C)C)C(=O)c4cccs4)CC3)nn2)cc1OC. The number of rotatable bonds is 10. The van der Waals surface area contributed by atoms with E-state index in [2.05, 4.69) is 15.1 Å². The highest BCUT2D eigenvalue weighted by Crippen LogP contribution is 2.31. The normalized spacial score (nSPS) is 13.5. The number of benzene rings is 1. The van der Waals surface area contributed by atoms with Crippen LogP contribution in [0.5, 0.6) is 11.5 Å². The molecule has 10 nitrogen and oxygen atoms in total. The summed E-state index contributed by atoms with van der Waals surface area (Å²) in [5, 5.41) is 10.7. The highest BCUT2D eigenvalue weighted by molar-refractivity contribution is 7.12. The third-order valence-electron chi connectivity index (χ3n) is 6.45. The van der Waals surface area contributed by atoms with Crippen LogP contribution in [-0.4, -0.2) is 111 Å². The van der Waals surface area contributed by atoms with Gasteiger partial charge in [0, 0.05) is 44.8 Å². The summed E-state index contributed by atoms with van der Waals surface area (Å²) in [6, 6.07) is 13.2. The zero-order valence-corrected chi connectivity index (χ0v) is 23.1. The van der Waals surface area contributed by atoms with E-state index in [0.717, 1.165) is 17.1 Å². The minimum Gasteiger partial charge on any atom is -0.493 e. The summed E-state index contributed by atoms with van der Waals surface area (Å²) in [5.41, 5.74) is 1.62. The van der Waals surface area contributed by atoms with E-state index in [1.165, 1.54) is 11.3 Å². The Bertz CT molecular complexity index is 1210. The van der Waals surface area contributed by atoms with Crippen LogP contribution in [0.15, 0.2) is 47.8 Å². The molecule has 1 aliphatic rings. The quantitative estimate of drug-likeness (QED) is 0.389. The molecule has 1 fully saturated rings. The lowest BCUT2D eigenvalue weighted by atomic mass is 10.1. The van der Waals surface area contributed by atoms with Crippen LogP contribution in [0.2, 0.25) is 0 Å². The number of carbonyl (C=O) groups excluding carboxylic acids is 2. The van der Waals surface area contributed by atoms with Crippen molar-refractivity contribution in [2.75, 3.05) is 79.0 Å². The smallest absolute Gasteiger partial charge is 0.264 e. The van der Waals surface area contributed by atoms with E-state index < -0.39 is 0 Å². The summed E-state index contributed by atoms with van der Waals surface area (Å²) >= 11 is 1.40. The zero-order valence-electron chi connectivity index (χ0n) is 22.3. The van der Waals surface area contributed by atoms with E-state index in [4.69, 9.17) is 9.47 Å². The second kappa shape index (κ2) is 12.7. The Kier molecular flexibility index (Phi) is 9.14. The molecular weight excluding hydrogens is 504 g/mol. The van der Waals surface area contributed by atoms with Crippen molar-refractivity contribution in [2.45, 2.75) is 0 Å². The van der Waals surface area contributed by atoms with Gasteiger partial charge in [-0.15, -0.1) is 21.5 Å². The number of hydrogen-bond acceptors (Lipinski definition) is 9. The van der Waals surface area contributed by atoms with Crippen molar-refractivity contribution in [2.24, 2.45) is 0 Å². The molecule has 1 saturated heterocycles. The molecule has 0 unspecified atom stereocenters. The molecule has 11 heteroatoms. The summed E-state index contributed by atoms with van der Waals surface area (Å²) in [5.74, 6) is 1.92. The number of ether oxygens (including phenoxy) is 2. The van der Waals surface area contributed by atoms with Crippen LogP contribution in [0.4, 0.5) is 5.82 Å². The topological polar surface area (TPSA) is 91.3 Å². The monoisotopic (exact) mass is 538 g/mol. The number of nitrogens with zero attached hydrogens (tertiary/aromatic N) is 6. The molecule has 0 atom stereocenters. The molecule has 38 heavy (non-hydrogen) atoms. The first-order valence-corrected chi connectivity index (χ1v) is 13.3. The van der Waals surface area contributed by atoms with E-state index in [0.29, 0.717) is 55.6 Å². The Labute approximate surface area is 227 Å². The number of piperazine rings is 1. The van der Waals surface area contributed by atoms with E-state index >= 15 is 0 Å². The second-order valence-electron chi connectivity index (χ2n) is 9.22. The maximum Gasteiger partial charge on any atom is 0.264 e. The molecule has 3 heterocycles. The molecule has 0 bridgehead atoms. The number of amides is 2. The number of thiophene rings is 1. The molecular formula is C27H34N6O4S. The van der Waals surface area contributed by atoms with Crippen LogP contribution in [0.1, 0.15) is 9.67 Å². The number of methoxy groups -OCH3 is 2. The third kappa shape index (κ3) is 6.59. The summed E-state index contributed by atoms with van der Waals surface area (Å²) in [6.07, 6.45) is 0. The molecule has 1 aromatic carbocycles. The second-order valence-corrected chi connectivity index (χ2v) is 10.2. The summed E-state index contributed by atoms with van der Waals surface area (Å²) in [6.45, 7) is 3.68. The Morgan fingerprint density at radius 3 is 2.32 bits per heavy atom. The van der Waals surface area contributed by atoms with Gasteiger partial charge in [0.25, 0.3) is 5.91 Å². The molecule has 2 amide bonds. The molecule has 0 aliphatic carbocycles. The molecule has 0 N–H and O–H groups in total. The van der Waals surface area contributed by atoms with Crippen LogP contribution < -0.4 is 14.4 Å². The first-order chi connectivity index (χ1) is 18.4. The number of carbonyl (C=O) groups is 2. The van der Waals surface area contributed by atoms with Crippen molar-refractivity contribution in [3.63, 3.8) is 0 Å². The Morgan fingerprint density at radius 2 is 1.71 bits per heavy atom. The van der Waals surface area contributed by atoms with Gasteiger partial charge in [-0.25, -0.2) is 0 Å². The lowest BCUT2D eigenvalue weighted by molar-refractivity contribution is -0.132. The van der Waals surface area contributed by atoms with Gasteiger partial charge < -0.3 is 29.1 Å². The first kappa shape index (κ1) is 27.3. The van der Waals surface area contributed by atoms with E-state index in [1.54, 1.807) is 25.2 Å². The zero-order chi connectivity index (χ0) is 27.1. The van der Waals surface area contributed by atoms with E-state index in [-0.39, 0.29) is 18.4 Å². The van der Waals surface area contributed by atoms with Gasteiger partial charge in [-0.05, 0) is 55.9 Å². The predicted octanol–water partition coefficient (Wildman–Crippen LogP) is 2.57. The summed E-state index contributed by atoms with van der Waals surface area (Å²) < 4.78 is 10.7. The predicted molar refractivity (Wildman–Crippen MR) is 148 cm³/mol. The average Bonchev–Trinajstić information content (AvgIpc) is 3.49. The number of likely N-dealkylation sites (N-methyl/N-ethyl adjacent to an activating group) is 1. The third-order valence-corrected chi connectivity index (χ3v) is 7.31. The molecule has 3 aromatic rings. The minimum absolute atomic E-state index is 0.0387. The van der Waals surface area contributed by atoms with Crippen molar-refractivity contribution in [1.29, 1.82) is 0 Å². The van der Waals surface area contributed by atoms with E-state index in [1.807, 2.05) is 65.7 Å². The minimum atomic E-state index is -0.0984. The van der Waals surface area contributed by atoms with Gasteiger partial charge in [-0.2, -0.15) is 0 Å². The Morgan fingerprint density at radius 1 is 0.947 bits per heavy atom. The van der Waals surface area contributed by atoms with Crippen LogP contribution in [-0.2, 0) is 4.79 Å². The molecule has 2 aromatic heterocycles. The van der Waals surface area contributed by atoms with Crippen LogP contribution in [0.25, 0.3) is 11.3 Å². The van der Waals surface area contributed by atoms with Crippen molar-refractivity contribution in [3.05, 3.63) is 52.7 Å². The maximum atomic E-state index is 13.1. The Balaban J connectivity index is 1.35. The van der Waals surface area contributed by atoms with Crippen LogP contribution in [0, 0.1) is 0 Å². The molecule has 1 aliphatic heterocycles. The van der Waals surface area contributed by atoms with Gasteiger partial charge >= 0.3 is 0 Å². The van der Waals surface area contributed by atoms with Gasteiger partial charge in [0.2, 0.25) is 5.91 Å². The fraction of sp³-hybridized carbons (Fsp3) is 0.407. The highest BCUT2D eigenvalue weighted by Gasteiger charge is 2.26. The van der Waals surface area contributed by atoms with Crippen LogP contribution in [0.3, 0.4) is 0 Å². The average molecular weight is 539 g/mol. The maximum absolute atomic E-state index is 13.1. The Hall–Kier alpha value is -3.70. The fourth-order valence-electron chi connectivity index (χ4n) is 4.22. The lowest BCUT2D eigenvalue weighted by Crippen LogP contribution is -2.52. The molecule has 0 spiro atoms. The van der Waals surface area contributed by atoms with Crippen molar-refractivity contribution >= 4 is 29.0 Å². The van der Waals surface area contributed by atoms with Gasteiger partial charge in [0.1, 0.15) is 6.54 Å². The van der Waals surface area contributed by atoms with Gasteiger partial charge in [0.15, 0.2) is 17.3 Å². The molecule has 0 radical (unpaired) electrons. The van der Waals surface area contributed by atoms with Crippen molar-refractivity contribution < 1.29 is 19.1 Å². The molecule has 202 valence electrons. The first-order valence-electron chi connectivity index (χ1n) is 12.5. The number of hydrogen-bond donors (Lipinski definition) is 0. The highest BCUT2D eigenvalue weighted by atomic mass is 32.1. The van der Waals surface area contributed by atoms with Crippen LogP contribution >= 0.6 is 11.3 Å². The lowest BCUT2D eigenvalue weighted by Gasteiger charge is -2.36. The number of aromatic nitrogens is 2.